The van der Waals surface area contributed by atoms with Crippen molar-refractivity contribution in [1.29, 1.82) is 0 Å². The fourth-order valence-corrected chi connectivity index (χ4v) is 5.19. The highest BCUT2D eigenvalue weighted by Gasteiger charge is 2.42. The lowest BCUT2D eigenvalue weighted by Gasteiger charge is -2.24. The molecule has 0 heterocycles. The van der Waals surface area contributed by atoms with Crippen LogP contribution < -0.4 is 11.5 Å². The zero-order chi connectivity index (χ0) is 22.1. The molecule has 0 aromatic carbocycles. The summed E-state index contributed by atoms with van der Waals surface area (Å²) in [5, 5.41) is 0. The SMILES string of the molecule is CCCCCCCCCCCC(=O)[C@](N)(CSSC[C@H](N)C(=O)OC)C(=O)OC. The molecule has 7 nitrogen and oxygen atoms in total. The van der Waals surface area contributed by atoms with Crippen LogP contribution in [0.5, 0.6) is 0 Å². The summed E-state index contributed by atoms with van der Waals surface area (Å²) >= 11 is 0. The average Bonchev–Trinajstić information content (AvgIpc) is 2.73. The van der Waals surface area contributed by atoms with Crippen LogP contribution in [0.2, 0.25) is 0 Å². The summed E-state index contributed by atoms with van der Waals surface area (Å²) in [5.41, 5.74) is 10.1. The summed E-state index contributed by atoms with van der Waals surface area (Å²) < 4.78 is 9.32. The van der Waals surface area contributed by atoms with Crippen LogP contribution in [0.15, 0.2) is 0 Å². The summed E-state index contributed by atoms with van der Waals surface area (Å²) in [5.74, 6) is -1.19. The Labute approximate surface area is 183 Å². The Bertz CT molecular complexity index is 493. The molecule has 0 aliphatic rings. The number of carbonyl (C=O) groups is 3. The fourth-order valence-electron chi connectivity index (χ4n) is 2.73. The molecule has 0 saturated heterocycles. The summed E-state index contributed by atoms with van der Waals surface area (Å²) in [6.07, 6.45) is 10.5. The van der Waals surface area contributed by atoms with Crippen LogP contribution >= 0.6 is 21.6 Å². The molecule has 0 saturated carbocycles. The van der Waals surface area contributed by atoms with Gasteiger partial charge in [-0.1, -0.05) is 79.9 Å². The molecule has 9 heteroatoms. The molecule has 0 rings (SSSR count). The summed E-state index contributed by atoms with van der Waals surface area (Å²) in [4.78, 5) is 36.0. The highest BCUT2D eigenvalue weighted by Crippen LogP contribution is 2.27. The van der Waals surface area contributed by atoms with E-state index in [1.54, 1.807) is 0 Å². The van der Waals surface area contributed by atoms with Crippen molar-refractivity contribution in [2.24, 2.45) is 11.5 Å². The number of hydrogen-bond acceptors (Lipinski definition) is 9. The molecule has 170 valence electrons. The quantitative estimate of drug-likeness (QED) is 0.140. The first-order chi connectivity index (χ1) is 13.8. The van der Waals surface area contributed by atoms with E-state index in [0.29, 0.717) is 5.75 Å². The van der Waals surface area contributed by atoms with Gasteiger partial charge in [0.2, 0.25) is 0 Å². The second kappa shape index (κ2) is 17.0. The van der Waals surface area contributed by atoms with Crippen LogP contribution in [0.25, 0.3) is 0 Å². The second-order valence-corrected chi connectivity index (χ2v) is 9.65. The summed E-state index contributed by atoms with van der Waals surface area (Å²) in [6.45, 7) is 2.21. The molecule has 0 aromatic heterocycles. The lowest BCUT2D eigenvalue weighted by Crippen LogP contribution is -2.57. The van der Waals surface area contributed by atoms with E-state index in [9.17, 15) is 14.4 Å². The number of Topliss-reactive ketones (excluding diaryl/α,β-unsaturated/α-hetero) is 1. The highest BCUT2D eigenvalue weighted by molar-refractivity contribution is 8.76. The van der Waals surface area contributed by atoms with Crippen LogP contribution in [-0.4, -0.2) is 55.0 Å². The normalized spacial score (nSPS) is 14.1. The van der Waals surface area contributed by atoms with Gasteiger partial charge in [0, 0.05) is 17.9 Å². The van der Waals surface area contributed by atoms with Crippen LogP contribution in [0.4, 0.5) is 0 Å². The molecular formula is C20H38N2O5S2. The van der Waals surface area contributed by atoms with Gasteiger partial charge < -0.3 is 20.9 Å². The molecule has 0 fully saturated rings. The van der Waals surface area contributed by atoms with Crippen molar-refractivity contribution in [1.82, 2.24) is 0 Å². The van der Waals surface area contributed by atoms with Crippen molar-refractivity contribution >= 4 is 39.3 Å². The second-order valence-electron chi connectivity index (χ2n) is 7.14. The topological polar surface area (TPSA) is 122 Å². The molecule has 2 atom stereocenters. The molecule has 0 aliphatic carbocycles. The molecule has 0 bridgehead atoms. The third-order valence-corrected chi connectivity index (χ3v) is 7.17. The Balaban J connectivity index is 4.27. The zero-order valence-electron chi connectivity index (χ0n) is 18.1. The van der Waals surface area contributed by atoms with Gasteiger partial charge in [-0.25, -0.2) is 4.79 Å². The maximum absolute atomic E-state index is 12.6. The standard InChI is InChI=1S/C20H38N2O5S2/c1-4-5-6-7-8-9-10-11-12-13-17(23)20(22,19(25)27-3)15-29-28-14-16(21)18(24)26-2/h16H,4-15,21-22H2,1-3H3/t16-,20+/m0/s1. The van der Waals surface area contributed by atoms with Gasteiger partial charge in [-0.3, -0.25) is 9.59 Å². The minimum absolute atomic E-state index is 0.0640. The van der Waals surface area contributed by atoms with E-state index >= 15 is 0 Å². The molecule has 0 radical (unpaired) electrons. The van der Waals surface area contributed by atoms with Crippen molar-refractivity contribution in [2.75, 3.05) is 25.7 Å². The third kappa shape index (κ3) is 11.9. The van der Waals surface area contributed by atoms with Crippen molar-refractivity contribution in [3.05, 3.63) is 0 Å². The number of esters is 2. The third-order valence-electron chi connectivity index (χ3n) is 4.68. The predicted molar refractivity (Wildman–Crippen MR) is 121 cm³/mol. The molecule has 29 heavy (non-hydrogen) atoms. The number of rotatable bonds is 18. The molecule has 4 N–H and O–H groups in total. The first kappa shape index (κ1) is 28.2. The lowest BCUT2D eigenvalue weighted by atomic mass is 9.93. The van der Waals surface area contributed by atoms with E-state index in [-0.39, 0.29) is 18.0 Å². The van der Waals surface area contributed by atoms with E-state index in [1.807, 2.05) is 0 Å². The van der Waals surface area contributed by atoms with Crippen molar-refractivity contribution in [3.8, 4) is 0 Å². The van der Waals surface area contributed by atoms with Crippen LogP contribution in [0.1, 0.15) is 71.1 Å². The summed E-state index contributed by atoms with van der Waals surface area (Å²) in [6, 6.07) is -0.763. The molecule has 0 aromatic rings. The van der Waals surface area contributed by atoms with Crippen molar-refractivity contribution in [3.63, 3.8) is 0 Å². The van der Waals surface area contributed by atoms with E-state index < -0.39 is 23.5 Å². The van der Waals surface area contributed by atoms with Gasteiger partial charge in [0.1, 0.15) is 6.04 Å². The van der Waals surface area contributed by atoms with Gasteiger partial charge in [-0.15, -0.1) is 0 Å². The predicted octanol–water partition coefficient (Wildman–Crippen LogP) is 3.23. The molecule has 0 aliphatic heterocycles. The smallest absolute Gasteiger partial charge is 0.334 e. The first-order valence-corrected chi connectivity index (χ1v) is 12.8. The lowest BCUT2D eigenvalue weighted by molar-refractivity contribution is -0.150. The maximum atomic E-state index is 12.6. The number of unbranched alkanes of at least 4 members (excludes halogenated alkanes) is 8. The van der Waals surface area contributed by atoms with Gasteiger partial charge >= 0.3 is 11.9 Å². The van der Waals surface area contributed by atoms with Gasteiger partial charge in [0.05, 0.1) is 14.2 Å². The highest BCUT2D eigenvalue weighted by atomic mass is 33.1. The molecular weight excluding hydrogens is 412 g/mol. The van der Waals surface area contributed by atoms with Crippen molar-refractivity contribution in [2.45, 2.75) is 82.7 Å². The fraction of sp³-hybridized carbons (Fsp3) is 0.850. The Morgan fingerprint density at radius 3 is 1.97 bits per heavy atom. The minimum atomic E-state index is -1.68. The Hall–Kier alpha value is -0.770. The zero-order valence-corrected chi connectivity index (χ0v) is 19.7. The van der Waals surface area contributed by atoms with Crippen molar-refractivity contribution < 1.29 is 23.9 Å². The van der Waals surface area contributed by atoms with Crippen LogP contribution in [0, 0.1) is 0 Å². The number of carbonyl (C=O) groups excluding carboxylic acids is 3. The van der Waals surface area contributed by atoms with Gasteiger partial charge in [0.25, 0.3) is 0 Å². The van der Waals surface area contributed by atoms with E-state index in [0.717, 1.165) is 19.3 Å². The molecule has 0 spiro atoms. The number of ketones is 1. The molecule has 0 unspecified atom stereocenters. The van der Waals surface area contributed by atoms with E-state index in [2.05, 4.69) is 11.7 Å². The Morgan fingerprint density at radius 1 is 0.897 bits per heavy atom. The largest absolute Gasteiger partial charge is 0.468 e. The average molecular weight is 451 g/mol. The first-order valence-electron chi connectivity index (χ1n) is 10.3. The minimum Gasteiger partial charge on any atom is -0.468 e. The molecule has 0 amide bonds. The van der Waals surface area contributed by atoms with E-state index in [4.69, 9.17) is 16.2 Å². The number of hydrogen-bond donors (Lipinski definition) is 2. The van der Waals surface area contributed by atoms with Gasteiger partial charge in [0.15, 0.2) is 11.3 Å². The monoisotopic (exact) mass is 450 g/mol. The van der Waals surface area contributed by atoms with E-state index in [1.165, 1.54) is 74.3 Å². The van der Waals surface area contributed by atoms with Crippen LogP contribution in [0.3, 0.4) is 0 Å². The van der Waals surface area contributed by atoms with Gasteiger partial charge in [-0.05, 0) is 6.42 Å². The van der Waals surface area contributed by atoms with Crippen LogP contribution in [-0.2, 0) is 23.9 Å². The maximum Gasteiger partial charge on any atom is 0.334 e. The number of ether oxygens (including phenoxy) is 2. The number of methoxy groups -OCH3 is 2. The number of nitrogens with two attached hydrogens (primary N) is 2. The summed E-state index contributed by atoms with van der Waals surface area (Å²) in [7, 11) is 4.99. The Kier molecular flexibility index (Phi) is 16.5. The van der Waals surface area contributed by atoms with Gasteiger partial charge in [-0.2, -0.15) is 0 Å². The Morgan fingerprint density at radius 2 is 1.45 bits per heavy atom.